The average molecular weight is 363 g/mol. The number of carbonyl (C=O) groups excluding carboxylic acids is 1. The summed E-state index contributed by atoms with van der Waals surface area (Å²) in [5.41, 5.74) is 2.47. The summed E-state index contributed by atoms with van der Waals surface area (Å²) in [7, 11) is -3.22. The van der Waals surface area contributed by atoms with Crippen LogP contribution in [0.3, 0.4) is 0 Å². The van der Waals surface area contributed by atoms with Crippen LogP contribution in [0.4, 0.5) is 11.4 Å². The number of hydrogen-bond donors (Lipinski definition) is 2. The van der Waals surface area contributed by atoms with Gasteiger partial charge in [-0.2, -0.15) is 0 Å². The normalized spacial score (nSPS) is 26.6. The Balaban J connectivity index is 1.50. The summed E-state index contributed by atoms with van der Waals surface area (Å²) in [5.74, 6) is 0.359. The van der Waals surface area contributed by atoms with Crippen molar-refractivity contribution in [2.75, 3.05) is 35.0 Å². The van der Waals surface area contributed by atoms with E-state index in [4.69, 9.17) is 0 Å². The third kappa shape index (κ3) is 3.04. The highest BCUT2D eigenvalue weighted by Gasteiger charge is 2.57. The number of rotatable bonds is 3. The van der Waals surface area contributed by atoms with Gasteiger partial charge in [-0.25, -0.2) is 8.42 Å². The molecule has 3 aliphatic rings. The van der Waals surface area contributed by atoms with Gasteiger partial charge in [-0.05, 0) is 68.8 Å². The maximum absolute atomic E-state index is 12.6. The lowest BCUT2D eigenvalue weighted by molar-refractivity contribution is -0.118. The first-order chi connectivity index (χ1) is 11.9. The SMILES string of the molecule is Cc1ccc(NC(=O)C2CC23CCNCC3)cc1N1CCCS1(=O)=O. The monoisotopic (exact) mass is 363 g/mol. The molecule has 1 unspecified atom stereocenters. The number of amides is 1. The lowest BCUT2D eigenvalue weighted by Crippen LogP contribution is -2.31. The van der Waals surface area contributed by atoms with Crippen LogP contribution in [0.25, 0.3) is 0 Å². The van der Waals surface area contributed by atoms with Crippen molar-refractivity contribution >= 4 is 27.3 Å². The second-order valence-electron chi connectivity index (χ2n) is 7.60. The van der Waals surface area contributed by atoms with Gasteiger partial charge in [0, 0.05) is 18.2 Å². The van der Waals surface area contributed by atoms with Crippen LogP contribution in [-0.2, 0) is 14.8 Å². The molecule has 1 saturated carbocycles. The summed E-state index contributed by atoms with van der Waals surface area (Å²) < 4.78 is 25.9. The van der Waals surface area contributed by atoms with Crippen LogP contribution in [0.15, 0.2) is 18.2 Å². The Hall–Kier alpha value is -1.60. The lowest BCUT2D eigenvalue weighted by atomic mass is 9.92. The summed E-state index contributed by atoms with van der Waals surface area (Å²) in [4.78, 5) is 12.6. The minimum Gasteiger partial charge on any atom is -0.326 e. The Bertz CT molecular complexity index is 800. The van der Waals surface area contributed by atoms with Gasteiger partial charge in [0.1, 0.15) is 0 Å². The molecule has 2 saturated heterocycles. The Morgan fingerprint density at radius 3 is 2.76 bits per heavy atom. The Morgan fingerprint density at radius 2 is 2.08 bits per heavy atom. The summed E-state index contributed by atoms with van der Waals surface area (Å²) in [6.07, 6.45) is 3.75. The number of carbonyl (C=O) groups is 1. The molecular formula is C18H25N3O3S. The first-order valence-electron chi connectivity index (χ1n) is 9.04. The molecule has 1 aliphatic carbocycles. The fourth-order valence-corrected chi connectivity index (χ4v) is 5.91. The van der Waals surface area contributed by atoms with Crippen molar-refractivity contribution < 1.29 is 13.2 Å². The zero-order valence-corrected chi connectivity index (χ0v) is 15.4. The molecule has 1 aromatic rings. The summed E-state index contributed by atoms with van der Waals surface area (Å²) in [6.45, 7) is 4.40. The molecule has 4 rings (SSSR count). The van der Waals surface area contributed by atoms with Crippen molar-refractivity contribution in [3.63, 3.8) is 0 Å². The van der Waals surface area contributed by atoms with Gasteiger partial charge >= 0.3 is 0 Å². The number of nitrogens with one attached hydrogen (secondary N) is 2. The van der Waals surface area contributed by atoms with E-state index in [1.165, 1.54) is 4.31 Å². The highest BCUT2D eigenvalue weighted by atomic mass is 32.2. The van der Waals surface area contributed by atoms with E-state index in [1.54, 1.807) is 6.07 Å². The highest BCUT2D eigenvalue weighted by Crippen LogP contribution is 2.58. The maximum atomic E-state index is 12.6. The van der Waals surface area contributed by atoms with Crippen LogP contribution in [-0.4, -0.2) is 39.7 Å². The van der Waals surface area contributed by atoms with Crippen molar-refractivity contribution in [2.45, 2.75) is 32.6 Å². The molecule has 0 aromatic heterocycles. The molecule has 1 atom stereocenters. The molecule has 2 aliphatic heterocycles. The minimum atomic E-state index is -3.22. The van der Waals surface area contributed by atoms with E-state index < -0.39 is 10.0 Å². The molecule has 136 valence electrons. The summed E-state index contributed by atoms with van der Waals surface area (Å²) in [6, 6.07) is 5.54. The van der Waals surface area contributed by atoms with Crippen LogP contribution in [0.1, 0.15) is 31.2 Å². The quantitative estimate of drug-likeness (QED) is 0.859. The molecule has 2 heterocycles. The maximum Gasteiger partial charge on any atom is 0.235 e. The van der Waals surface area contributed by atoms with Crippen molar-refractivity contribution in [2.24, 2.45) is 11.3 Å². The van der Waals surface area contributed by atoms with Crippen molar-refractivity contribution in [1.29, 1.82) is 0 Å². The third-order valence-corrected chi connectivity index (χ3v) is 7.81. The van der Waals surface area contributed by atoms with E-state index in [1.807, 2.05) is 19.1 Å². The molecule has 1 amide bonds. The Kier molecular flexibility index (Phi) is 4.03. The molecule has 1 aromatic carbocycles. The van der Waals surface area contributed by atoms with E-state index in [2.05, 4.69) is 10.6 Å². The number of aryl methyl sites for hydroxylation is 1. The number of benzene rings is 1. The zero-order chi connectivity index (χ0) is 17.7. The molecule has 0 radical (unpaired) electrons. The van der Waals surface area contributed by atoms with Crippen molar-refractivity contribution in [3.05, 3.63) is 23.8 Å². The Labute approximate surface area is 149 Å². The lowest BCUT2D eigenvalue weighted by Gasteiger charge is -2.23. The fraction of sp³-hybridized carbons (Fsp3) is 0.611. The molecular weight excluding hydrogens is 338 g/mol. The molecule has 2 N–H and O–H groups in total. The number of piperidine rings is 1. The molecule has 6 nitrogen and oxygen atoms in total. The summed E-state index contributed by atoms with van der Waals surface area (Å²) >= 11 is 0. The van der Waals surface area contributed by atoms with E-state index >= 15 is 0 Å². The number of hydrogen-bond acceptors (Lipinski definition) is 4. The Morgan fingerprint density at radius 1 is 1.32 bits per heavy atom. The topological polar surface area (TPSA) is 78.5 Å². The highest BCUT2D eigenvalue weighted by molar-refractivity contribution is 7.93. The first-order valence-corrected chi connectivity index (χ1v) is 10.6. The number of sulfonamides is 1. The van der Waals surface area contributed by atoms with Crippen molar-refractivity contribution in [3.8, 4) is 0 Å². The smallest absolute Gasteiger partial charge is 0.235 e. The third-order valence-electron chi connectivity index (χ3n) is 5.95. The van der Waals surface area contributed by atoms with Gasteiger partial charge in [0.15, 0.2) is 0 Å². The minimum absolute atomic E-state index is 0.0704. The molecule has 25 heavy (non-hydrogen) atoms. The van der Waals surface area contributed by atoms with Crippen LogP contribution >= 0.6 is 0 Å². The van der Waals surface area contributed by atoms with E-state index in [9.17, 15) is 13.2 Å². The molecule has 7 heteroatoms. The standard InChI is InChI=1S/C18H25N3O3S/c1-13-3-4-14(11-16(13)21-9-2-10-25(21,23)24)20-17(22)15-12-18(15)5-7-19-8-6-18/h3-4,11,15,19H,2,5-10,12H2,1H3,(H,20,22). The van der Waals surface area contributed by atoms with Crippen LogP contribution < -0.4 is 14.9 Å². The molecule has 3 fully saturated rings. The molecule has 1 spiro atoms. The van der Waals surface area contributed by atoms with Crippen LogP contribution in [0.5, 0.6) is 0 Å². The van der Waals surface area contributed by atoms with Gasteiger partial charge in [0.2, 0.25) is 15.9 Å². The van der Waals surface area contributed by atoms with Gasteiger partial charge in [0.25, 0.3) is 0 Å². The predicted molar refractivity (Wildman–Crippen MR) is 98.2 cm³/mol. The second kappa shape index (κ2) is 5.99. The predicted octanol–water partition coefficient (Wildman–Crippen LogP) is 1.86. The van der Waals surface area contributed by atoms with E-state index in [0.29, 0.717) is 24.3 Å². The van der Waals surface area contributed by atoms with Gasteiger partial charge in [-0.15, -0.1) is 0 Å². The summed E-state index contributed by atoms with van der Waals surface area (Å²) in [5, 5.41) is 6.36. The van der Waals surface area contributed by atoms with Gasteiger partial charge < -0.3 is 10.6 Å². The number of nitrogens with zero attached hydrogens (tertiary/aromatic N) is 1. The van der Waals surface area contributed by atoms with E-state index in [-0.39, 0.29) is 23.0 Å². The van der Waals surface area contributed by atoms with Gasteiger partial charge in [-0.1, -0.05) is 6.07 Å². The number of anilines is 2. The zero-order valence-electron chi connectivity index (χ0n) is 14.5. The molecule has 0 bridgehead atoms. The van der Waals surface area contributed by atoms with Crippen molar-refractivity contribution in [1.82, 2.24) is 5.32 Å². The first kappa shape index (κ1) is 16.8. The van der Waals surface area contributed by atoms with E-state index in [0.717, 1.165) is 37.9 Å². The average Bonchev–Trinajstić information content (AvgIpc) is 3.15. The second-order valence-corrected chi connectivity index (χ2v) is 9.61. The van der Waals surface area contributed by atoms with Crippen LogP contribution in [0, 0.1) is 18.3 Å². The largest absolute Gasteiger partial charge is 0.326 e. The van der Waals surface area contributed by atoms with Crippen LogP contribution in [0.2, 0.25) is 0 Å². The van der Waals surface area contributed by atoms with Gasteiger partial charge in [0.05, 0.1) is 11.4 Å². The fourth-order valence-electron chi connectivity index (χ4n) is 4.29. The van der Waals surface area contributed by atoms with Gasteiger partial charge in [-0.3, -0.25) is 9.10 Å².